The molecule has 6 N–H and O–H groups in total. The van der Waals surface area contributed by atoms with E-state index >= 15 is 0 Å². The molecule has 0 atom stereocenters. The molecule has 5 heteroatoms. The number of rotatable bonds is 6. The molecular weight excluding hydrogens is 202 g/mol. The van der Waals surface area contributed by atoms with Crippen molar-refractivity contribution in [2.75, 3.05) is 6.54 Å². The average Bonchev–Trinajstić information content (AvgIpc) is 2.14. The number of nitrogens with two attached hydrogens (primary N) is 2. The van der Waals surface area contributed by atoms with Crippen LogP contribution < -0.4 is 16.8 Å². The van der Waals surface area contributed by atoms with Crippen molar-refractivity contribution in [3.8, 4) is 0 Å². The minimum Gasteiger partial charge on any atom is -0.370 e. The largest absolute Gasteiger partial charge is 0.370 e. The fraction of sp³-hybridized carbons (Fsp3) is 0.818. The van der Waals surface area contributed by atoms with E-state index in [1.165, 1.54) is 19.3 Å². The standard InChI is InChI=1S/C11H25N5/c1-4-5-6-7-11(2,3)8-15-10(14)16-9(12)13/h4-8H2,1-3H3,(H6,12,13,14,15,16). The van der Waals surface area contributed by atoms with Crippen LogP contribution in [0.2, 0.25) is 0 Å². The number of nitrogens with zero attached hydrogens (tertiary/aromatic N) is 1. The van der Waals surface area contributed by atoms with Gasteiger partial charge in [0.05, 0.1) is 0 Å². The fourth-order valence-electron chi connectivity index (χ4n) is 1.41. The highest BCUT2D eigenvalue weighted by Crippen LogP contribution is 2.23. The number of unbranched alkanes of at least 4 members (excludes halogenated alkanes) is 2. The van der Waals surface area contributed by atoms with Crippen LogP contribution >= 0.6 is 0 Å². The van der Waals surface area contributed by atoms with Gasteiger partial charge in [0.2, 0.25) is 0 Å². The highest BCUT2D eigenvalue weighted by atomic mass is 15.2. The lowest BCUT2D eigenvalue weighted by Crippen LogP contribution is -2.41. The third-order valence-corrected chi connectivity index (χ3v) is 2.40. The Balaban J connectivity index is 4.00. The highest BCUT2D eigenvalue weighted by Gasteiger charge is 2.16. The molecule has 0 amide bonds. The molecule has 0 aliphatic heterocycles. The van der Waals surface area contributed by atoms with E-state index in [4.69, 9.17) is 16.9 Å². The molecule has 0 aromatic carbocycles. The predicted octanol–water partition coefficient (Wildman–Crippen LogP) is 1.39. The summed E-state index contributed by atoms with van der Waals surface area (Å²) in [6, 6.07) is 0. The Hall–Kier alpha value is -1.26. The zero-order chi connectivity index (χ0) is 12.6. The Bertz CT molecular complexity index is 245. The Morgan fingerprint density at radius 2 is 1.94 bits per heavy atom. The summed E-state index contributed by atoms with van der Waals surface area (Å²) in [5, 5.41) is 9.47. The topological polar surface area (TPSA) is 100 Å². The zero-order valence-corrected chi connectivity index (χ0v) is 10.6. The maximum Gasteiger partial charge on any atom is 0.195 e. The first-order chi connectivity index (χ1) is 7.37. The summed E-state index contributed by atoms with van der Waals surface area (Å²) in [5.41, 5.74) is 10.8. The zero-order valence-electron chi connectivity index (χ0n) is 10.6. The Kier molecular flexibility index (Phi) is 6.53. The van der Waals surface area contributed by atoms with Gasteiger partial charge in [-0.2, -0.15) is 0 Å². The van der Waals surface area contributed by atoms with Crippen molar-refractivity contribution in [2.24, 2.45) is 21.9 Å². The monoisotopic (exact) mass is 227 g/mol. The summed E-state index contributed by atoms with van der Waals surface area (Å²) < 4.78 is 0. The fourth-order valence-corrected chi connectivity index (χ4v) is 1.41. The van der Waals surface area contributed by atoms with Gasteiger partial charge in [0.1, 0.15) is 0 Å². The van der Waals surface area contributed by atoms with E-state index in [-0.39, 0.29) is 17.3 Å². The quantitative estimate of drug-likeness (QED) is 0.313. The summed E-state index contributed by atoms with van der Waals surface area (Å²) in [4.78, 5) is 4.18. The molecule has 16 heavy (non-hydrogen) atoms. The Morgan fingerprint density at radius 3 is 2.44 bits per heavy atom. The molecule has 94 valence electrons. The third-order valence-electron chi connectivity index (χ3n) is 2.40. The van der Waals surface area contributed by atoms with Crippen LogP contribution in [0.25, 0.3) is 0 Å². The molecule has 5 nitrogen and oxygen atoms in total. The van der Waals surface area contributed by atoms with Crippen LogP contribution in [0.5, 0.6) is 0 Å². The van der Waals surface area contributed by atoms with Crippen molar-refractivity contribution >= 4 is 11.9 Å². The first kappa shape index (κ1) is 14.7. The lowest BCUT2D eigenvalue weighted by molar-refractivity contribution is 0.333. The van der Waals surface area contributed by atoms with Crippen LogP contribution in [0.15, 0.2) is 4.99 Å². The first-order valence-corrected chi connectivity index (χ1v) is 5.78. The van der Waals surface area contributed by atoms with Gasteiger partial charge in [0, 0.05) is 6.54 Å². The van der Waals surface area contributed by atoms with Crippen LogP contribution in [0, 0.1) is 10.8 Å². The van der Waals surface area contributed by atoms with Crippen molar-refractivity contribution in [3.05, 3.63) is 0 Å². The van der Waals surface area contributed by atoms with Gasteiger partial charge < -0.3 is 11.5 Å². The van der Waals surface area contributed by atoms with E-state index in [1.807, 2.05) is 0 Å². The molecule has 0 fully saturated rings. The van der Waals surface area contributed by atoms with E-state index in [1.54, 1.807) is 0 Å². The average molecular weight is 227 g/mol. The molecule has 0 bridgehead atoms. The number of guanidine groups is 2. The van der Waals surface area contributed by atoms with E-state index in [9.17, 15) is 0 Å². The highest BCUT2D eigenvalue weighted by molar-refractivity contribution is 5.95. The summed E-state index contributed by atoms with van der Waals surface area (Å²) >= 11 is 0. The van der Waals surface area contributed by atoms with Crippen molar-refractivity contribution in [3.63, 3.8) is 0 Å². The summed E-state index contributed by atoms with van der Waals surface area (Å²) in [7, 11) is 0. The van der Waals surface area contributed by atoms with Crippen molar-refractivity contribution in [2.45, 2.75) is 46.5 Å². The minimum absolute atomic E-state index is 0.151. The maximum absolute atomic E-state index is 7.00. The van der Waals surface area contributed by atoms with E-state index in [2.05, 4.69) is 31.1 Å². The molecule has 0 unspecified atom stereocenters. The van der Waals surface area contributed by atoms with E-state index in [0.29, 0.717) is 6.54 Å². The third kappa shape index (κ3) is 8.08. The number of nitrogens with one attached hydrogen (secondary N) is 2. The van der Waals surface area contributed by atoms with Gasteiger partial charge in [-0.3, -0.25) is 15.7 Å². The SMILES string of the molecule is CCCCCC(C)(C)CN=C(N)NC(=N)N. The second kappa shape index (κ2) is 7.09. The van der Waals surface area contributed by atoms with Crippen LogP contribution in [-0.4, -0.2) is 18.5 Å². The smallest absolute Gasteiger partial charge is 0.195 e. The van der Waals surface area contributed by atoms with E-state index in [0.717, 1.165) is 6.42 Å². The number of hydrogen-bond donors (Lipinski definition) is 4. The van der Waals surface area contributed by atoms with Crippen LogP contribution in [0.1, 0.15) is 46.5 Å². The van der Waals surface area contributed by atoms with Crippen molar-refractivity contribution < 1.29 is 0 Å². The van der Waals surface area contributed by atoms with Crippen molar-refractivity contribution in [1.29, 1.82) is 5.41 Å². The molecule has 0 aliphatic rings. The lowest BCUT2D eigenvalue weighted by Gasteiger charge is -2.22. The molecule has 0 saturated heterocycles. The second-order valence-electron chi connectivity index (χ2n) is 4.86. The van der Waals surface area contributed by atoms with Crippen LogP contribution in [0.3, 0.4) is 0 Å². The van der Waals surface area contributed by atoms with Gasteiger partial charge in [0.25, 0.3) is 0 Å². The molecule has 0 saturated carbocycles. The predicted molar refractivity (Wildman–Crippen MR) is 69.5 cm³/mol. The van der Waals surface area contributed by atoms with E-state index < -0.39 is 0 Å². The number of hydrogen-bond acceptors (Lipinski definition) is 2. The van der Waals surface area contributed by atoms with Crippen LogP contribution in [0.4, 0.5) is 0 Å². The molecule has 0 aliphatic carbocycles. The Labute approximate surface area is 98.2 Å². The molecule has 0 aromatic heterocycles. The van der Waals surface area contributed by atoms with Gasteiger partial charge in [-0.25, -0.2) is 0 Å². The second-order valence-corrected chi connectivity index (χ2v) is 4.86. The molecule has 0 heterocycles. The lowest BCUT2D eigenvalue weighted by atomic mass is 9.87. The first-order valence-electron chi connectivity index (χ1n) is 5.78. The minimum atomic E-state index is -0.176. The van der Waals surface area contributed by atoms with Gasteiger partial charge in [-0.05, 0) is 11.8 Å². The normalized spacial score (nSPS) is 12.6. The Morgan fingerprint density at radius 1 is 1.31 bits per heavy atom. The summed E-state index contributed by atoms with van der Waals surface area (Å²) in [6.07, 6.45) is 4.85. The molecule has 0 rings (SSSR count). The van der Waals surface area contributed by atoms with Crippen LogP contribution in [-0.2, 0) is 0 Å². The maximum atomic E-state index is 7.00. The number of aliphatic imine (C=N–C) groups is 1. The molecular formula is C11H25N5. The van der Waals surface area contributed by atoms with Gasteiger partial charge >= 0.3 is 0 Å². The van der Waals surface area contributed by atoms with Crippen molar-refractivity contribution in [1.82, 2.24) is 5.32 Å². The van der Waals surface area contributed by atoms with Gasteiger partial charge in [-0.1, -0.05) is 40.0 Å². The molecule has 0 aromatic rings. The van der Waals surface area contributed by atoms with Gasteiger partial charge in [0.15, 0.2) is 11.9 Å². The molecule has 0 radical (unpaired) electrons. The summed E-state index contributed by atoms with van der Waals surface area (Å²) in [5.74, 6) is 0.0427. The molecule has 0 spiro atoms. The summed E-state index contributed by atoms with van der Waals surface area (Å²) in [6.45, 7) is 7.20. The van der Waals surface area contributed by atoms with Gasteiger partial charge in [-0.15, -0.1) is 0 Å².